The molecule has 5 heteroatoms. The van der Waals surface area contributed by atoms with Crippen LogP contribution in [-0.2, 0) is 0 Å². The van der Waals surface area contributed by atoms with E-state index in [1.54, 1.807) is 11.3 Å². The normalized spacial score (nSPS) is 12.2. The first-order valence-corrected chi connectivity index (χ1v) is 9.38. The second-order valence-electron chi connectivity index (χ2n) is 4.50. The zero-order valence-corrected chi connectivity index (χ0v) is 16.3. The summed E-state index contributed by atoms with van der Waals surface area (Å²) < 4.78 is 12.5. The van der Waals surface area contributed by atoms with Crippen LogP contribution in [0.1, 0.15) is 34.7 Å². The van der Waals surface area contributed by atoms with Gasteiger partial charge in [0.05, 0.1) is 21.8 Å². The first kappa shape index (κ1) is 16.8. The van der Waals surface area contributed by atoms with Gasteiger partial charge in [0.1, 0.15) is 0 Å². The zero-order valence-electron chi connectivity index (χ0n) is 12.3. The standard InChI is InChI=1S/C16H18Br2O2S/c1-4-19-13-7-6-11(8-14(13)20-5-2)16(18)12-9-15(17)21-10(12)3/h6-9,16H,4-5H2,1-3H3. The van der Waals surface area contributed by atoms with Crippen molar-refractivity contribution in [1.29, 1.82) is 0 Å². The van der Waals surface area contributed by atoms with E-state index in [0.717, 1.165) is 20.8 Å². The molecule has 0 fully saturated rings. The number of alkyl halides is 1. The van der Waals surface area contributed by atoms with Gasteiger partial charge in [0, 0.05) is 4.88 Å². The number of halogens is 2. The van der Waals surface area contributed by atoms with Crippen molar-refractivity contribution in [3.05, 3.63) is 44.1 Å². The molecule has 1 aromatic carbocycles. The Bertz CT molecular complexity index is 610. The maximum atomic E-state index is 5.70. The van der Waals surface area contributed by atoms with E-state index in [1.807, 2.05) is 19.9 Å². The van der Waals surface area contributed by atoms with Gasteiger partial charge in [-0.1, -0.05) is 22.0 Å². The third-order valence-corrected chi connectivity index (χ3v) is 5.65. The molecule has 0 spiro atoms. The highest BCUT2D eigenvalue weighted by Crippen LogP contribution is 2.41. The highest BCUT2D eigenvalue weighted by Gasteiger charge is 2.17. The van der Waals surface area contributed by atoms with Gasteiger partial charge in [-0.15, -0.1) is 11.3 Å². The molecular weight excluding hydrogens is 416 g/mol. The van der Waals surface area contributed by atoms with Crippen molar-refractivity contribution in [2.24, 2.45) is 0 Å². The number of ether oxygens (including phenoxy) is 2. The van der Waals surface area contributed by atoms with Crippen LogP contribution in [0.2, 0.25) is 0 Å². The van der Waals surface area contributed by atoms with Gasteiger partial charge in [0.15, 0.2) is 11.5 Å². The fraction of sp³-hybridized carbons (Fsp3) is 0.375. The van der Waals surface area contributed by atoms with Crippen molar-refractivity contribution in [3.8, 4) is 11.5 Å². The van der Waals surface area contributed by atoms with Gasteiger partial charge in [-0.05, 0) is 66.0 Å². The minimum Gasteiger partial charge on any atom is -0.490 e. The van der Waals surface area contributed by atoms with Crippen LogP contribution in [0.15, 0.2) is 28.1 Å². The third kappa shape index (κ3) is 4.02. The molecule has 0 bridgehead atoms. The Morgan fingerprint density at radius 2 is 1.76 bits per heavy atom. The van der Waals surface area contributed by atoms with Crippen LogP contribution in [0.5, 0.6) is 11.5 Å². The summed E-state index contributed by atoms with van der Waals surface area (Å²) in [6.07, 6.45) is 0. The second kappa shape index (κ2) is 7.65. The molecule has 1 aromatic heterocycles. The van der Waals surface area contributed by atoms with Crippen molar-refractivity contribution in [1.82, 2.24) is 0 Å². The monoisotopic (exact) mass is 432 g/mol. The molecule has 0 aliphatic carbocycles. The number of benzene rings is 1. The third-order valence-electron chi connectivity index (χ3n) is 3.06. The van der Waals surface area contributed by atoms with E-state index < -0.39 is 0 Å². The van der Waals surface area contributed by atoms with Gasteiger partial charge in [0.25, 0.3) is 0 Å². The van der Waals surface area contributed by atoms with Crippen LogP contribution in [0, 0.1) is 6.92 Å². The molecule has 0 saturated heterocycles. The number of hydrogen-bond acceptors (Lipinski definition) is 3. The Labute approximate surface area is 146 Å². The van der Waals surface area contributed by atoms with Crippen molar-refractivity contribution in [2.75, 3.05) is 13.2 Å². The van der Waals surface area contributed by atoms with E-state index in [-0.39, 0.29) is 4.83 Å². The van der Waals surface area contributed by atoms with E-state index in [2.05, 4.69) is 57.0 Å². The molecule has 2 rings (SSSR count). The molecule has 0 radical (unpaired) electrons. The first-order valence-electron chi connectivity index (χ1n) is 6.86. The Hall–Kier alpha value is -0.520. The van der Waals surface area contributed by atoms with Gasteiger partial charge in [-0.2, -0.15) is 0 Å². The Morgan fingerprint density at radius 3 is 2.33 bits per heavy atom. The number of aryl methyl sites for hydroxylation is 1. The summed E-state index contributed by atoms with van der Waals surface area (Å²) in [5, 5.41) is 0. The fourth-order valence-electron chi connectivity index (χ4n) is 2.12. The minimum absolute atomic E-state index is 0.148. The number of thiophene rings is 1. The van der Waals surface area contributed by atoms with Crippen LogP contribution in [0.25, 0.3) is 0 Å². The van der Waals surface area contributed by atoms with Crippen LogP contribution in [0.3, 0.4) is 0 Å². The molecule has 0 amide bonds. The lowest BCUT2D eigenvalue weighted by Crippen LogP contribution is -2.00. The van der Waals surface area contributed by atoms with Gasteiger partial charge >= 0.3 is 0 Å². The predicted octanol–water partition coefficient (Wildman–Crippen LogP) is 6.10. The molecule has 2 aromatic rings. The highest BCUT2D eigenvalue weighted by atomic mass is 79.9. The molecule has 2 nitrogen and oxygen atoms in total. The Kier molecular flexibility index (Phi) is 6.14. The quantitative estimate of drug-likeness (QED) is 0.512. The fourth-order valence-corrected chi connectivity index (χ4v) is 4.77. The SMILES string of the molecule is CCOc1ccc(C(Br)c2cc(Br)sc2C)cc1OCC. The Morgan fingerprint density at radius 1 is 1.10 bits per heavy atom. The predicted molar refractivity (Wildman–Crippen MR) is 96.3 cm³/mol. The lowest BCUT2D eigenvalue weighted by atomic mass is 10.1. The lowest BCUT2D eigenvalue weighted by molar-refractivity contribution is 0.287. The summed E-state index contributed by atoms with van der Waals surface area (Å²) in [7, 11) is 0. The summed E-state index contributed by atoms with van der Waals surface area (Å²) >= 11 is 9.09. The Balaban J connectivity index is 2.35. The number of hydrogen-bond donors (Lipinski definition) is 0. The number of rotatable bonds is 6. The molecule has 1 unspecified atom stereocenters. The van der Waals surface area contributed by atoms with Gasteiger partial charge < -0.3 is 9.47 Å². The van der Waals surface area contributed by atoms with Gasteiger partial charge in [-0.3, -0.25) is 0 Å². The van der Waals surface area contributed by atoms with Crippen LogP contribution in [-0.4, -0.2) is 13.2 Å². The zero-order chi connectivity index (χ0) is 15.4. The van der Waals surface area contributed by atoms with Gasteiger partial charge in [0.2, 0.25) is 0 Å². The summed E-state index contributed by atoms with van der Waals surface area (Å²) in [5.74, 6) is 1.60. The van der Waals surface area contributed by atoms with Gasteiger partial charge in [-0.25, -0.2) is 0 Å². The second-order valence-corrected chi connectivity index (χ2v) is 8.05. The average Bonchev–Trinajstić information content (AvgIpc) is 2.79. The molecule has 1 atom stereocenters. The molecule has 0 saturated carbocycles. The van der Waals surface area contributed by atoms with Crippen LogP contribution in [0.4, 0.5) is 0 Å². The van der Waals surface area contributed by atoms with Crippen LogP contribution >= 0.6 is 43.2 Å². The maximum absolute atomic E-state index is 5.70. The first-order chi connectivity index (χ1) is 10.1. The largest absolute Gasteiger partial charge is 0.490 e. The maximum Gasteiger partial charge on any atom is 0.161 e. The van der Waals surface area contributed by atoms with E-state index in [0.29, 0.717) is 13.2 Å². The smallest absolute Gasteiger partial charge is 0.161 e. The molecule has 0 aliphatic heterocycles. The summed E-state index contributed by atoms with van der Waals surface area (Å²) in [6, 6.07) is 8.28. The van der Waals surface area contributed by atoms with E-state index in [1.165, 1.54) is 10.4 Å². The summed E-state index contributed by atoms with van der Waals surface area (Å²) in [4.78, 5) is 1.45. The lowest BCUT2D eigenvalue weighted by Gasteiger charge is -2.15. The minimum atomic E-state index is 0.148. The molecule has 114 valence electrons. The molecule has 1 heterocycles. The topological polar surface area (TPSA) is 18.5 Å². The molecule has 21 heavy (non-hydrogen) atoms. The van der Waals surface area contributed by atoms with Crippen LogP contribution < -0.4 is 9.47 Å². The molecule has 0 N–H and O–H groups in total. The van der Waals surface area contributed by atoms with E-state index in [4.69, 9.17) is 9.47 Å². The van der Waals surface area contributed by atoms with Crippen molar-refractivity contribution >= 4 is 43.2 Å². The molecular formula is C16H18Br2O2S. The highest BCUT2D eigenvalue weighted by molar-refractivity contribution is 9.11. The van der Waals surface area contributed by atoms with Crippen molar-refractivity contribution in [3.63, 3.8) is 0 Å². The van der Waals surface area contributed by atoms with E-state index in [9.17, 15) is 0 Å². The summed E-state index contributed by atoms with van der Waals surface area (Å²) in [6.45, 7) is 7.35. The van der Waals surface area contributed by atoms with E-state index >= 15 is 0 Å². The van der Waals surface area contributed by atoms with Crippen molar-refractivity contribution in [2.45, 2.75) is 25.6 Å². The van der Waals surface area contributed by atoms with Crippen molar-refractivity contribution < 1.29 is 9.47 Å². The molecule has 0 aliphatic rings. The average molecular weight is 434 g/mol. The summed E-state index contributed by atoms with van der Waals surface area (Å²) in [5.41, 5.74) is 2.44.